The number of carbonyl (C=O) groups is 1. The van der Waals surface area contributed by atoms with Gasteiger partial charge in [-0.15, -0.1) is 0 Å². The van der Waals surface area contributed by atoms with Crippen LogP contribution in [0.3, 0.4) is 0 Å². The Morgan fingerprint density at radius 1 is 1.12 bits per heavy atom. The zero-order valence-electron chi connectivity index (χ0n) is 14.2. The summed E-state index contributed by atoms with van der Waals surface area (Å²) in [6.07, 6.45) is 6.81. The van der Waals surface area contributed by atoms with Crippen molar-refractivity contribution in [1.82, 2.24) is 14.9 Å². The first kappa shape index (κ1) is 14.5. The van der Waals surface area contributed by atoms with Crippen LogP contribution in [0, 0.1) is 30.6 Å². The van der Waals surface area contributed by atoms with E-state index in [1.54, 1.807) is 0 Å². The minimum Gasteiger partial charge on any atom is -0.351 e. The van der Waals surface area contributed by atoms with Gasteiger partial charge in [0.2, 0.25) is 5.91 Å². The molecule has 1 aromatic carbocycles. The molecule has 4 nitrogen and oxygen atoms in total. The molecule has 126 valence electrons. The SMILES string of the molecule is Cc1nc2ccccc2n1CC(=O)NC1C2CC3CC(C2)CC1C3. The molecule has 0 atom stereocenters. The first-order valence-electron chi connectivity index (χ1n) is 9.38. The van der Waals surface area contributed by atoms with Crippen molar-refractivity contribution in [2.45, 2.75) is 51.6 Å². The van der Waals surface area contributed by atoms with E-state index in [4.69, 9.17) is 0 Å². The van der Waals surface area contributed by atoms with Crippen LogP contribution in [0.15, 0.2) is 24.3 Å². The molecule has 0 radical (unpaired) electrons. The monoisotopic (exact) mass is 323 g/mol. The van der Waals surface area contributed by atoms with Gasteiger partial charge in [-0.2, -0.15) is 0 Å². The average Bonchev–Trinajstić information content (AvgIpc) is 2.86. The van der Waals surface area contributed by atoms with Gasteiger partial charge in [0, 0.05) is 6.04 Å². The quantitative estimate of drug-likeness (QED) is 0.942. The maximum atomic E-state index is 12.7. The fourth-order valence-electron chi connectivity index (χ4n) is 5.93. The molecule has 24 heavy (non-hydrogen) atoms. The second-order valence-electron chi connectivity index (χ2n) is 8.26. The molecule has 4 fully saturated rings. The second-order valence-corrected chi connectivity index (χ2v) is 8.26. The Hall–Kier alpha value is -1.84. The highest BCUT2D eigenvalue weighted by Crippen LogP contribution is 2.53. The van der Waals surface area contributed by atoms with E-state index >= 15 is 0 Å². The molecule has 1 heterocycles. The molecule has 4 bridgehead atoms. The standard InChI is InChI=1S/C20H25N3O/c1-12-21-17-4-2-3-5-18(17)23(12)11-19(24)22-20-15-7-13-6-14(9-15)10-16(20)8-13/h2-5,13-16,20H,6-11H2,1H3,(H,22,24). The Morgan fingerprint density at radius 3 is 2.50 bits per heavy atom. The van der Waals surface area contributed by atoms with Gasteiger partial charge in [0.15, 0.2) is 0 Å². The van der Waals surface area contributed by atoms with E-state index in [1.165, 1.54) is 32.1 Å². The van der Waals surface area contributed by atoms with Crippen molar-refractivity contribution in [3.05, 3.63) is 30.1 Å². The third-order valence-electron chi connectivity index (χ3n) is 6.70. The van der Waals surface area contributed by atoms with Crippen LogP contribution in [0.4, 0.5) is 0 Å². The Kier molecular flexibility index (Phi) is 3.22. The second kappa shape index (κ2) is 5.33. The van der Waals surface area contributed by atoms with Gasteiger partial charge >= 0.3 is 0 Å². The van der Waals surface area contributed by atoms with Crippen molar-refractivity contribution >= 4 is 16.9 Å². The highest BCUT2D eigenvalue weighted by Gasteiger charge is 2.48. The maximum Gasteiger partial charge on any atom is 0.240 e. The van der Waals surface area contributed by atoms with Crippen LogP contribution < -0.4 is 5.32 Å². The van der Waals surface area contributed by atoms with Crippen molar-refractivity contribution in [3.8, 4) is 0 Å². The fourth-order valence-corrected chi connectivity index (χ4v) is 5.93. The molecule has 1 amide bonds. The number of para-hydroxylation sites is 2. The van der Waals surface area contributed by atoms with E-state index in [2.05, 4.69) is 10.3 Å². The summed E-state index contributed by atoms with van der Waals surface area (Å²) in [5.41, 5.74) is 2.02. The summed E-state index contributed by atoms with van der Waals surface area (Å²) in [6.45, 7) is 2.37. The smallest absolute Gasteiger partial charge is 0.240 e. The Labute approximate surface area is 142 Å². The zero-order chi connectivity index (χ0) is 16.3. The van der Waals surface area contributed by atoms with Crippen molar-refractivity contribution in [1.29, 1.82) is 0 Å². The normalized spacial score (nSPS) is 34.0. The van der Waals surface area contributed by atoms with E-state index in [9.17, 15) is 4.79 Å². The molecule has 4 heteroatoms. The third-order valence-corrected chi connectivity index (χ3v) is 6.70. The number of benzene rings is 1. The van der Waals surface area contributed by atoms with Gasteiger partial charge in [-0.25, -0.2) is 4.98 Å². The number of imidazole rings is 1. The van der Waals surface area contributed by atoms with Gasteiger partial charge < -0.3 is 9.88 Å². The van der Waals surface area contributed by atoms with Gasteiger partial charge in [0.25, 0.3) is 0 Å². The molecule has 2 aromatic rings. The lowest BCUT2D eigenvalue weighted by molar-refractivity contribution is -0.125. The van der Waals surface area contributed by atoms with Crippen molar-refractivity contribution in [2.75, 3.05) is 0 Å². The lowest BCUT2D eigenvalue weighted by Crippen LogP contribution is -2.56. The molecular formula is C20H25N3O. The molecule has 0 unspecified atom stereocenters. The summed E-state index contributed by atoms with van der Waals surface area (Å²) in [6, 6.07) is 8.48. The van der Waals surface area contributed by atoms with Crippen LogP contribution in [-0.2, 0) is 11.3 Å². The zero-order valence-corrected chi connectivity index (χ0v) is 14.2. The number of hydrogen-bond acceptors (Lipinski definition) is 2. The Balaban J connectivity index is 1.33. The molecule has 4 aliphatic rings. The molecule has 4 saturated carbocycles. The van der Waals surface area contributed by atoms with Gasteiger partial charge in [0.1, 0.15) is 12.4 Å². The van der Waals surface area contributed by atoms with Crippen LogP contribution in [0.25, 0.3) is 11.0 Å². The summed E-state index contributed by atoms with van der Waals surface area (Å²) in [5.74, 6) is 4.41. The summed E-state index contributed by atoms with van der Waals surface area (Å²) < 4.78 is 2.04. The van der Waals surface area contributed by atoms with Crippen LogP contribution >= 0.6 is 0 Å². The number of aryl methyl sites for hydroxylation is 1. The minimum atomic E-state index is 0.152. The third kappa shape index (κ3) is 2.27. The van der Waals surface area contributed by atoms with Crippen molar-refractivity contribution in [2.24, 2.45) is 23.7 Å². The van der Waals surface area contributed by atoms with Crippen LogP contribution in [0.1, 0.15) is 37.9 Å². The molecule has 4 aliphatic carbocycles. The maximum absolute atomic E-state index is 12.7. The number of aromatic nitrogens is 2. The topological polar surface area (TPSA) is 46.9 Å². The predicted octanol–water partition coefficient (Wildman–Crippen LogP) is 3.29. The molecule has 6 rings (SSSR count). The average molecular weight is 323 g/mol. The summed E-state index contributed by atoms with van der Waals surface area (Å²) in [5, 5.41) is 3.40. The van der Waals surface area contributed by atoms with Crippen molar-refractivity contribution in [3.63, 3.8) is 0 Å². The number of fused-ring (bicyclic) bond motifs is 1. The van der Waals surface area contributed by atoms with Gasteiger partial charge in [-0.05, 0) is 74.8 Å². The molecule has 0 spiro atoms. The summed E-state index contributed by atoms with van der Waals surface area (Å²) >= 11 is 0. The van der Waals surface area contributed by atoms with Crippen LogP contribution in [0.5, 0.6) is 0 Å². The van der Waals surface area contributed by atoms with E-state index in [1.807, 2.05) is 35.8 Å². The number of hydrogen-bond donors (Lipinski definition) is 1. The van der Waals surface area contributed by atoms with Crippen molar-refractivity contribution < 1.29 is 4.79 Å². The van der Waals surface area contributed by atoms with Gasteiger partial charge in [-0.1, -0.05) is 12.1 Å². The summed E-state index contributed by atoms with van der Waals surface area (Å²) in [4.78, 5) is 17.3. The molecule has 1 N–H and O–H groups in total. The number of nitrogens with one attached hydrogen (secondary N) is 1. The van der Waals surface area contributed by atoms with E-state index < -0.39 is 0 Å². The van der Waals surface area contributed by atoms with E-state index in [-0.39, 0.29) is 5.91 Å². The fraction of sp³-hybridized carbons (Fsp3) is 0.600. The first-order valence-corrected chi connectivity index (χ1v) is 9.38. The van der Waals surface area contributed by atoms with E-state index in [0.717, 1.165) is 40.5 Å². The number of rotatable bonds is 3. The first-order chi connectivity index (χ1) is 11.7. The molecule has 0 aliphatic heterocycles. The number of nitrogens with zero attached hydrogens (tertiary/aromatic N) is 2. The largest absolute Gasteiger partial charge is 0.351 e. The number of amides is 1. The molecule has 0 saturated heterocycles. The van der Waals surface area contributed by atoms with Gasteiger partial charge in [-0.3, -0.25) is 4.79 Å². The lowest BCUT2D eigenvalue weighted by atomic mass is 9.54. The Bertz CT molecular complexity index is 765. The minimum absolute atomic E-state index is 0.152. The van der Waals surface area contributed by atoms with E-state index in [0.29, 0.717) is 12.6 Å². The molecule has 1 aromatic heterocycles. The van der Waals surface area contributed by atoms with Crippen LogP contribution in [-0.4, -0.2) is 21.5 Å². The number of carbonyl (C=O) groups excluding carboxylic acids is 1. The van der Waals surface area contributed by atoms with Crippen LogP contribution in [0.2, 0.25) is 0 Å². The highest BCUT2D eigenvalue weighted by atomic mass is 16.2. The summed E-state index contributed by atoms with van der Waals surface area (Å²) in [7, 11) is 0. The highest BCUT2D eigenvalue weighted by molar-refractivity contribution is 5.81. The lowest BCUT2D eigenvalue weighted by Gasteiger charge is -2.54. The van der Waals surface area contributed by atoms with Gasteiger partial charge in [0.05, 0.1) is 11.0 Å². The Morgan fingerprint density at radius 2 is 1.79 bits per heavy atom. The predicted molar refractivity (Wildman–Crippen MR) is 93.4 cm³/mol. The molecular weight excluding hydrogens is 298 g/mol.